The third-order valence-electron chi connectivity index (χ3n) is 4.26. The Hall–Kier alpha value is -0.0800. The fraction of sp³-hybridized carbons (Fsp3) is 0. The molecular formula is C17H17N2Na3O10S3. The van der Waals surface area contributed by atoms with Gasteiger partial charge in [0.25, 0.3) is 36.3 Å². The summed E-state index contributed by atoms with van der Waals surface area (Å²) in [5.74, 6) is -1.20. The van der Waals surface area contributed by atoms with Gasteiger partial charge in [-0.1, -0.05) is 12.1 Å². The van der Waals surface area contributed by atoms with Crippen LogP contribution in [0.1, 0.15) is 14.6 Å². The first kappa shape index (κ1) is 34.9. The zero-order chi connectivity index (χ0) is 24.1. The molecule has 3 rings (SSSR count). The molecule has 1 amide bonds. The average molecular weight is 574 g/mol. The van der Waals surface area contributed by atoms with Crippen molar-refractivity contribution in [1.29, 1.82) is 0 Å². The third-order valence-corrected chi connectivity index (χ3v) is 6.89. The molecule has 0 atom stereocenters. The van der Waals surface area contributed by atoms with Crippen molar-refractivity contribution in [2.24, 2.45) is 0 Å². The smallest absolute Gasteiger partial charge is 1.00 e. The van der Waals surface area contributed by atoms with Crippen LogP contribution in [0.5, 0.6) is 0 Å². The summed E-state index contributed by atoms with van der Waals surface area (Å²) in [5, 5.41) is 1.73. The van der Waals surface area contributed by atoms with Gasteiger partial charge in [-0.05, 0) is 41.8 Å². The number of hydrogen-bond acceptors (Lipinski definition) is 8. The molecule has 176 valence electrons. The first-order valence-corrected chi connectivity index (χ1v) is 12.6. The number of hydrogen-bond donors (Lipinski definition) is 5. The summed E-state index contributed by atoms with van der Waals surface area (Å²) in [7, 11) is -14.6. The monoisotopic (exact) mass is 574 g/mol. The predicted octanol–water partition coefficient (Wildman–Crippen LogP) is -7.24. The Kier molecular flexibility index (Phi) is 12.6. The molecule has 6 N–H and O–H groups in total. The Morgan fingerprint density at radius 1 is 0.771 bits per heavy atom. The van der Waals surface area contributed by atoms with Gasteiger partial charge in [-0.25, -0.2) is 0 Å². The molecule has 0 radical (unpaired) electrons. The van der Waals surface area contributed by atoms with E-state index in [1.54, 1.807) is 0 Å². The van der Waals surface area contributed by atoms with Gasteiger partial charge >= 0.3 is 88.7 Å². The largest absolute Gasteiger partial charge is 1.00 e. The van der Waals surface area contributed by atoms with Gasteiger partial charge in [-0.15, -0.1) is 0 Å². The number of amides is 1. The molecule has 3 aromatic carbocycles. The minimum atomic E-state index is -4.91. The molecule has 18 heteroatoms. The standard InChI is InChI=1S/C17H14N2O10S3.3Na.3H/c18-10-4-5-12(15(7-10)32(27,28)29)17(20)19-13-8-11(30(21,22)23)6-9-2-1-3-14(16(9)13)31(24,25)26;;;;;;/h1-8H,18H2,(H,19,20)(H,21,22,23)(H,24,25,26)(H,27,28,29);;;;;;/q;3*+1;3*-1. The van der Waals surface area contributed by atoms with Crippen molar-refractivity contribution in [3.63, 3.8) is 0 Å². The summed E-state index contributed by atoms with van der Waals surface area (Å²) < 4.78 is 98.5. The molecule has 12 nitrogen and oxygen atoms in total. The molecule has 35 heavy (non-hydrogen) atoms. The van der Waals surface area contributed by atoms with Crippen molar-refractivity contribution in [3.8, 4) is 0 Å². The Balaban J connectivity index is -0.000000963. The second kappa shape index (κ2) is 12.6. The molecule has 0 fully saturated rings. The van der Waals surface area contributed by atoms with E-state index in [-0.39, 0.29) is 109 Å². The molecule has 0 bridgehead atoms. The molecule has 0 aliphatic heterocycles. The van der Waals surface area contributed by atoms with Crippen LogP contribution < -0.4 is 99.7 Å². The minimum absolute atomic E-state index is 0. The molecular weight excluding hydrogens is 557 g/mol. The number of anilines is 2. The van der Waals surface area contributed by atoms with Crippen molar-refractivity contribution in [2.45, 2.75) is 14.7 Å². The second-order valence-electron chi connectivity index (χ2n) is 6.46. The van der Waals surface area contributed by atoms with Crippen LogP contribution >= 0.6 is 0 Å². The molecule has 3 aromatic rings. The average Bonchev–Trinajstić information content (AvgIpc) is 2.65. The van der Waals surface area contributed by atoms with Gasteiger partial charge < -0.3 is 15.3 Å². The van der Waals surface area contributed by atoms with E-state index in [1.165, 1.54) is 12.1 Å². The zero-order valence-electron chi connectivity index (χ0n) is 21.6. The molecule has 0 aliphatic rings. The van der Waals surface area contributed by atoms with Gasteiger partial charge in [-0.3, -0.25) is 18.5 Å². The van der Waals surface area contributed by atoms with E-state index < -0.39 is 62.2 Å². The van der Waals surface area contributed by atoms with Crippen molar-refractivity contribution < 1.29 is 137 Å². The number of nitrogen functional groups attached to an aromatic ring is 1. The second-order valence-corrected chi connectivity index (χ2v) is 10.7. The fourth-order valence-electron chi connectivity index (χ4n) is 2.96. The van der Waals surface area contributed by atoms with Crippen molar-refractivity contribution in [3.05, 3.63) is 54.1 Å². The fourth-order valence-corrected chi connectivity index (χ4v) is 4.96. The van der Waals surface area contributed by atoms with Crippen molar-refractivity contribution in [2.75, 3.05) is 11.1 Å². The maximum Gasteiger partial charge on any atom is 1.00 e. The summed E-state index contributed by atoms with van der Waals surface area (Å²) in [6, 6.07) is 7.96. The van der Waals surface area contributed by atoms with E-state index in [4.69, 9.17) is 5.73 Å². The molecule has 0 heterocycles. The van der Waals surface area contributed by atoms with E-state index in [1.807, 2.05) is 0 Å². The van der Waals surface area contributed by atoms with E-state index in [0.717, 1.165) is 30.3 Å². The number of fused-ring (bicyclic) bond motifs is 1. The summed E-state index contributed by atoms with van der Waals surface area (Å²) >= 11 is 0. The summed E-state index contributed by atoms with van der Waals surface area (Å²) in [6.07, 6.45) is 0. The predicted molar refractivity (Wildman–Crippen MR) is 116 cm³/mol. The van der Waals surface area contributed by atoms with Gasteiger partial charge in [0.2, 0.25) is 0 Å². The maximum atomic E-state index is 12.8. The molecule has 0 unspecified atom stereocenters. The minimum Gasteiger partial charge on any atom is -1.00 e. The van der Waals surface area contributed by atoms with Gasteiger partial charge in [0.1, 0.15) is 9.79 Å². The molecule has 0 aromatic heterocycles. The van der Waals surface area contributed by atoms with Gasteiger partial charge in [0, 0.05) is 11.1 Å². The van der Waals surface area contributed by atoms with E-state index in [0.29, 0.717) is 6.07 Å². The van der Waals surface area contributed by atoms with E-state index in [2.05, 4.69) is 5.32 Å². The van der Waals surface area contributed by atoms with Crippen LogP contribution in [0.3, 0.4) is 0 Å². The molecule has 0 saturated heterocycles. The number of nitrogens with two attached hydrogens (primary N) is 1. The summed E-state index contributed by atoms with van der Waals surface area (Å²) in [6.45, 7) is 0. The van der Waals surface area contributed by atoms with Crippen molar-refractivity contribution >= 4 is 58.4 Å². The summed E-state index contributed by atoms with van der Waals surface area (Å²) in [4.78, 5) is 10.5. The number of nitrogens with one attached hydrogen (secondary N) is 1. The topological polar surface area (TPSA) is 218 Å². The number of benzene rings is 3. The van der Waals surface area contributed by atoms with Crippen LogP contribution in [-0.4, -0.2) is 44.8 Å². The van der Waals surface area contributed by atoms with Gasteiger partial charge in [0.15, 0.2) is 0 Å². The molecule has 0 spiro atoms. The summed E-state index contributed by atoms with van der Waals surface area (Å²) in [5.41, 5.74) is 4.30. The number of carbonyl (C=O) groups is 1. The van der Waals surface area contributed by atoms with E-state index >= 15 is 0 Å². The van der Waals surface area contributed by atoms with Crippen LogP contribution in [0.4, 0.5) is 11.4 Å². The Bertz CT molecular complexity index is 1620. The van der Waals surface area contributed by atoms with Crippen LogP contribution in [0.25, 0.3) is 10.8 Å². The first-order chi connectivity index (χ1) is 14.6. The quantitative estimate of drug-likeness (QED) is 0.110. The maximum absolute atomic E-state index is 12.8. The van der Waals surface area contributed by atoms with Crippen LogP contribution in [0.2, 0.25) is 0 Å². The van der Waals surface area contributed by atoms with Gasteiger partial charge in [0.05, 0.1) is 16.1 Å². The Morgan fingerprint density at radius 3 is 1.86 bits per heavy atom. The molecule has 0 aliphatic carbocycles. The Labute approximate surface area is 271 Å². The normalized spacial score (nSPS) is 11.5. The van der Waals surface area contributed by atoms with Gasteiger partial charge in [-0.2, -0.15) is 25.3 Å². The van der Waals surface area contributed by atoms with Crippen LogP contribution in [0.15, 0.2) is 63.2 Å². The molecule has 0 saturated carbocycles. The number of carbonyl (C=O) groups excluding carboxylic acids is 1. The first-order valence-electron chi connectivity index (χ1n) is 8.29. The third kappa shape index (κ3) is 8.20. The van der Waals surface area contributed by atoms with Crippen molar-refractivity contribution in [1.82, 2.24) is 0 Å². The van der Waals surface area contributed by atoms with Crippen LogP contribution in [-0.2, 0) is 30.4 Å². The van der Waals surface area contributed by atoms with Crippen LogP contribution in [0, 0.1) is 0 Å². The Morgan fingerprint density at radius 2 is 1.34 bits per heavy atom. The van der Waals surface area contributed by atoms with E-state index in [9.17, 15) is 43.7 Å². The zero-order valence-corrected chi connectivity index (χ0v) is 27.1. The number of rotatable bonds is 5. The SMILES string of the molecule is Nc1ccc(C(=O)Nc2cc(S(=O)(=O)O)cc3cccc(S(=O)(=O)O)c23)c(S(=O)(=O)O)c1.[H-].[H-].[H-].[Na+].[Na+].[Na+].